The molecule has 1 heterocycles. The van der Waals surface area contributed by atoms with Crippen LogP contribution in [0.2, 0.25) is 0 Å². The molecule has 0 bridgehead atoms. The van der Waals surface area contributed by atoms with E-state index in [9.17, 15) is 9.59 Å². The molecule has 1 unspecified atom stereocenters. The van der Waals surface area contributed by atoms with Crippen molar-refractivity contribution in [1.29, 1.82) is 0 Å². The Kier molecular flexibility index (Phi) is 5.43. The van der Waals surface area contributed by atoms with Crippen molar-refractivity contribution in [3.05, 3.63) is 30.3 Å². The van der Waals surface area contributed by atoms with Crippen molar-refractivity contribution in [3.8, 4) is 0 Å². The van der Waals surface area contributed by atoms with Gasteiger partial charge in [0.15, 0.2) is 0 Å². The van der Waals surface area contributed by atoms with Crippen LogP contribution in [0.4, 0.5) is 0 Å². The molecule has 1 amide bonds. The van der Waals surface area contributed by atoms with Crippen LogP contribution >= 0.6 is 11.8 Å². The number of thioether (sulfide) groups is 1. The van der Waals surface area contributed by atoms with Crippen molar-refractivity contribution in [2.45, 2.75) is 17.4 Å². The van der Waals surface area contributed by atoms with Crippen LogP contribution in [0.25, 0.3) is 0 Å². The molecule has 1 atom stereocenters. The van der Waals surface area contributed by atoms with E-state index < -0.39 is 5.97 Å². The summed E-state index contributed by atoms with van der Waals surface area (Å²) in [5, 5.41) is 8.87. The van der Waals surface area contributed by atoms with Crippen LogP contribution in [0.5, 0.6) is 0 Å². The van der Waals surface area contributed by atoms with Crippen LogP contribution in [0.3, 0.4) is 0 Å². The molecule has 0 saturated carbocycles. The fourth-order valence-electron chi connectivity index (χ4n) is 2.10. The molecule has 1 N–H and O–H groups in total. The average Bonchev–Trinajstić information content (AvgIpc) is 2.46. The molecule has 1 aliphatic heterocycles. The van der Waals surface area contributed by atoms with Crippen molar-refractivity contribution in [3.63, 3.8) is 0 Å². The number of morpholine rings is 1. The summed E-state index contributed by atoms with van der Waals surface area (Å²) in [5.74, 6) is -0.623. The number of carbonyl (C=O) groups is 2. The number of ether oxygens (including phenoxy) is 1. The number of nitrogens with zero attached hydrogens (tertiary/aromatic N) is 1. The van der Waals surface area contributed by atoms with Crippen LogP contribution < -0.4 is 0 Å². The van der Waals surface area contributed by atoms with E-state index in [4.69, 9.17) is 9.84 Å². The van der Waals surface area contributed by atoms with Crippen LogP contribution in [0.15, 0.2) is 35.2 Å². The van der Waals surface area contributed by atoms with E-state index in [1.54, 1.807) is 4.90 Å². The van der Waals surface area contributed by atoms with E-state index in [1.165, 1.54) is 11.8 Å². The zero-order valence-corrected chi connectivity index (χ0v) is 11.8. The van der Waals surface area contributed by atoms with Gasteiger partial charge < -0.3 is 14.7 Å². The molecule has 108 valence electrons. The van der Waals surface area contributed by atoms with Gasteiger partial charge in [0.05, 0.1) is 31.4 Å². The fraction of sp³-hybridized carbons (Fsp3) is 0.429. The second kappa shape index (κ2) is 7.31. The van der Waals surface area contributed by atoms with Gasteiger partial charge in [0.1, 0.15) is 0 Å². The fourth-order valence-corrected chi connectivity index (χ4v) is 2.90. The van der Waals surface area contributed by atoms with Crippen molar-refractivity contribution in [2.75, 3.05) is 25.5 Å². The summed E-state index contributed by atoms with van der Waals surface area (Å²) < 4.78 is 5.26. The lowest BCUT2D eigenvalue weighted by Gasteiger charge is -2.34. The molecule has 1 aliphatic rings. The molecule has 0 aliphatic carbocycles. The number of amides is 1. The standard InChI is InChI=1S/C14H17NO4S/c16-13(10-20-12-4-2-1-3-5-12)15-6-7-19-9-11(15)8-14(17)18/h1-5,11H,6-10H2,(H,17,18). The number of hydrogen-bond acceptors (Lipinski definition) is 4. The Morgan fingerprint density at radius 3 is 2.80 bits per heavy atom. The Labute approximate surface area is 121 Å². The number of carbonyl (C=O) groups excluding carboxylic acids is 1. The number of carboxylic acids is 1. The van der Waals surface area contributed by atoms with Crippen molar-refractivity contribution < 1.29 is 19.4 Å². The van der Waals surface area contributed by atoms with E-state index in [0.29, 0.717) is 25.5 Å². The zero-order valence-electron chi connectivity index (χ0n) is 11.0. The molecule has 0 radical (unpaired) electrons. The highest BCUT2D eigenvalue weighted by molar-refractivity contribution is 8.00. The molecule has 5 nitrogen and oxygen atoms in total. The summed E-state index contributed by atoms with van der Waals surface area (Å²) in [5.41, 5.74) is 0. The summed E-state index contributed by atoms with van der Waals surface area (Å²) in [4.78, 5) is 25.7. The summed E-state index contributed by atoms with van der Waals surface area (Å²) in [7, 11) is 0. The molecule has 1 aromatic carbocycles. The minimum absolute atomic E-state index is 0.0339. The van der Waals surface area contributed by atoms with Gasteiger partial charge in [-0.05, 0) is 12.1 Å². The summed E-state index contributed by atoms with van der Waals surface area (Å²) in [6.07, 6.45) is -0.0677. The summed E-state index contributed by atoms with van der Waals surface area (Å²) in [6.45, 7) is 1.23. The number of rotatable bonds is 5. The average molecular weight is 295 g/mol. The van der Waals surface area contributed by atoms with Crippen LogP contribution in [-0.4, -0.2) is 53.4 Å². The highest BCUT2D eigenvalue weighted by Crippen LogP contribution is 2.19. The predicted octanol–water partition coefficient (Wildman–Crippen LogP) is 1.48. The van der Waals surface area contributed by atoms with E-state index in [-0.39, 0.29) is 18.4 Å². The van der Waals surface area contributed by atoms with Gasteiger partial charge in [-0.25, -0.2) is 0 Å². The molecule has 1 fully saturated rings. The molecule has 2 rings (SSSR count). The van der Waals surface area contributed by atoms with E-state index >= 15 is 0 Å². The smallest absolute Gasteiger partial charge is 0.305 e. The van der Waals surface area contributed by atoms with E-state index in [2.05, 4.69) is 0 Å². The van der Waals surface area contributed by atoms with E-state index in [0.717, 1.165) is 4.90 Å². The van der Waals surface area contributed by atoms with Gasteiger partial charge in [-0.15, -0.1) is 11.8 Å². The Morgan fingerprint density at radius 1 is 1.35 bits per heavy atom. The Morgan fingerprint density at radius 2 is 2.10 bits per heavy atom. The normalized spacial score (nSPS) is 18.8. The first-order valence-corrected chi connectivity index (χ1v) is 7.42. The third-order valence-corrected chi connectivity index (χ3v) is 4.06. The minimum Gasteiger partial charge on any atom is -0.481 e. The predicted molar refractivity (Wildman–Crippen MR) is 75.7 cm³/mol. The molecule has 6 heteroatoms. The van der Waals surface area contributed by atoms with Gasteiger partial charge in [0.25, 0.3) is 0 Å². The van der Waals surface area contributed by atoms with Crippen molar-refractivity contribution in [2.24, 2.45) is 0 Å². The molecule has 0 aromatic heterocycles. The monoisotopic (exact) mass is 295 g/mol. The Hall–Kier alpha value is -1.53. The maximum Gasteiger partial charge on any atom is 0.305 e. The van der Waals surface area contributed by atoms with Crippen molar-refractivity contribution >= 4 is 23.6 Å². The topological polar surface area (TPSA) is 66.8 Å². The number of benzene rings is 1. The number of hydrogen-bond donors (Lipinski definition) is 1. The van der Waals surface area contributed by atoms with Crippen LogP contribution in [0.1, 0.15) is 6.42 Å². The van der Waals surface area contributed by atoms with Gasteiger partial charge in [0.2, 0.25) is 5.91 Å². The maximum atomic E-state index is 12.2. The molecule has 20 heavy (non-hydrogen) atoms. The van der Waals surface area contributed by atoms with Gasteiger partial charge in [-0.1, -0.05) is 18.2 Å². The van der Waals surface area contributed by atoms with Gasteiger partial charge in [-0.3, -0.25) is 9.59 Å². The lowest BCUT2D eigenvalue weighted by atomic mass is 10.1. The third kappa shape index (κ3) is 4.25. The molecule has 1 saturated heterocycles. The lowest BCUT2D eigenvalue weighted by molar-refractivity contribution is -0.144. The first kappa shape index (κ1) is 14.9. The lowest BCUT2D eigenvalue weighted by Crippen LogP contribution is -2.50. The Bertz CT molecular complexity index is 466. The minimum atomic E-state index is -0.908. The first-order valence-electron chi connectivity index (χ1n) is 6.43. The largest absolute Gasteiger partial charge is 0.481 e. The van der Waals surface area contributed by atoms with Gasteiger partial charge in [0, 0.05) is 11.4 Å². The SMILES string of the molecule is O=C(O)CC1COCCN1C(=O)CSc1ccccc1. The molecule has 1 aromatic rings. The van der Waals surface area contributed by atoms with Gasteiger partial charge >= 0.3 is 5.97 Å². The maximum absolute atomic E-state index is 12.2. The van der Waals surface area contributed by atoms with Crippen LogP contribution in [0, 0.1) is 0 Å². The molecular formula is C14H17NO4S. The highest BCUT2D eigenvalue weighted by atomic mass is 32.2. The second-order valence-electron chi connectivity index (χ2n) is 4.52. The molecular weight excluding hydrogens is 278 g/mol. The van der Waals surface area contributed by atoms with Gasteiger partial charge in [-0.2, -0.15) is 0 Å². The zero-order chi connectivity index (χ0) is 14.4. The quantitative estimate of drug-likeness (QED) is 0.834. The number of carboxylic acid groups (broad SMARTS) is 1. The summed E-state index contributed by atoms with van der Waals surface area (Å²) >= 11 is 1.46. The van der Waals surface area contributed by atoms with Crippen molar-refractivity contribution in [1.82, 2.24) is 4.90 Å². The van der Waals surface area contributed by atoms with E-state index in [1.807, 2.05) is 30.3 Å². The van der Waals surface area contributed by atoms with Crippen LogP contribution in [-0.2, 0) is 14.3 Å². The highest BCUT2D eigenvalue weighted by Gasteiger charge is 2.28. The third-order valence-electron chi connectivity index (χ3n) is 3.06. The summed E-state index contributed by atoms with van der Waals surface area (Å²) in [6, 6.07) is 9.32. The second-order valence-corrected chi connectivity index (χ2v) is 5.56. The number of aliphatic carboxylic acids is 1. The Balaban J connectivity index is 1.90. The first-order chi connectivity index (χ1) is 9.66. The molecule has 0 spiro atoms.